The molecule has 0 aliphatic carbocycles. The summed E-state index contributed by atoms with van der Waals surface area (Å²) in [7, 11) is 0. The van der Waals surface area contributed by atoms with E-state index in [0.717, 1.165) is 5.56 Å². The summed E-state index contributed by atoms with van der Waals surface area (Å²) in [5.74, 6) is -0.278. The highest BCUT2D eigenvalue weighted by atomic mass is 19.1. The molecule has 1 rings (SSSR count). The van der Waals surface area contributed by atoms with Gasteiger partial charge in [-0.15, -0.1) is 0 Å². The Morgan fingerprint density at radius 1 is 1.25 bits per heavy atom. The zero-order valence-electron chi connectivity index (χ0n) is 7.52. The summed E-state index contributed by atoms with van der Waals surface area (Å²) in [6.45, 7) is 7.27. The van der Waals surface area contributed by atoms with Crippen LogP contribution in [0.15, 0.2) is 30.6 Å². The number of hydrogen-bond acceptors (Lipinski definition) is 0. The second-order valence-electron chi connectivity index (χ2n) is 3.19. The number of rotatable bonds is 2. The normalized spacial score (nSPS) is 9.92. The maximum Gasteiger partial charge on any atom is 0.0971 e. The van der Waals surface area contributed by atoms with E-state index in [0.29, 0.717) is 6.42 Å². The minimum atomic E-state index is -0.278. The Hall–Kier alpha value is -1.11. The highest BCUT2D eigenvalue weighted by molar-refractivity contribution is 5.30. The number of aryl methyl sites for hydroxylation is 2. The molecule has 0 spiro atoms. The number of allylic oxidation sites excluding steroid dienone is 1. The van der Waals surface area contributed by atoms with Gasteiger partial charge in [-0.25, -0.2) is 4.39 Å². The summed E-state index contributed by atoms with van der Waals surface area (Å²) in [4.78, 5) is 0. The van der Waals surface area contributed by atoms with Crippen molar-refractivity contribution in [2.45, 2.75) is 20.3 Å². The lowest BCUT2D eigenvalue weighted by Crippen LogP contribution is -1.87. The average molecular weight is 164 g/mol. The van der Waals surface area contributed by atoms with Gasteiger partial charge in [-0.1, -0.05) is 35.9 Å². The molecule has 0 N–H and O–H groups in total. The highest BCUT2D eigenvalue weighted by Gasteiger charge is 1.97. The molecule has 0 atom stereocenters. The van der Waals surface area contributed by atoms with Gasteiger partial charge in [-0.05, 0) is 19.4 Å². The smallest absolute Gasteiger partial charge is 0.0971 e. The second kappa shape index (κ2) is 3.53. The van der Waals surface area contributed by atoms with Crippen LogP contribution in [0.4, 0.5) is 4.39 Å². The highest BCUT2D eigenvalue weighted by Crippen LogP contribution is 2.12. The Labute approximate surface area is 72.7 Å². The van der Waals surface area contributed by atoms with Gasteiger partial charge >= 0.3 is 0 Å². The largest absolute Gasteiger partial charge is 0.212 e. The molecule has 0 amide bonds. The van der Waals surface area contributed by atoms with Crippen LogP contribution in [0.2, 0.25) is 0 Å². The van der Waals surface area contributed by atoms with E-state index in [1.54, 1.807) is 0 Å². The van der Waals surface area contributed by atoms with Crippen LogP contribution in [0, 0.1) is 13.8 Å². The maximum atomic E-state index is 12.5. The van der Waals surface area contributed by atoms with E-state index >= 15 is 0 Å². The lowest BCUT2D eigenvalue weighted by molar-refractivity contribution is 0.617. The lowest BCUT2D eigenvalue weighted by Gasteiger charge is -2.02. The van der Waals surface area contributed by atoms with Crippen LogP contribution < -0.4 is 0 Å². The lowest BCUT2D eigenvalue weighted by atomic mass is 10.1. The molecule has 0 fully saturated rings. The van der Waals surface area contributed by atoms with Crippen LogP contribution in [0.3, 0.4) is 0 Å². The van der Waals surface area contributed by atoms with Crippen molar-refractivity contribution in [2.24, 2.45) is 0 Å². The molecule has 0 aromatic heterocycles. The van der Waals surface area contributed by atoms with Crippen LogP contribution >= 0.6 is 0 Å². The van der Waals surface area contributed by atoms with Gasteiger partial charge in [-0.3, -0.25) is 0 Å². The number of benzene rings is 1. The molecule has 0 saturated carbocycles. The first kappa shape index (κ1) is 8.98. The topological polar surface area (TPSA) is 0 Å². The van der Waals surface area contributed by atoms with Crippen molar-refractivity contribution in [3.05, 3.63) is 47.3 Å². The van der Waals surface area contributed by atoms with Gasteiger partial charge in [0.2, 0.25) is 0 Å². The summed E-state index contributed by atoms with van der Waals surface area (Å²) in [6.07, 6.45) is 0.336. The molecular formula is C11H13F. The molecule has 0 aliphatic rings. The first-order valence-corrected chi connectivity index (χ1v) is 3.98. The molecule has 0 saturated heterocycles. The molecule has 0 nitrogen and oxygen atoms in total. The van der Waals surface area contributed by atoms with E-state index in [9.17, 15) is 4.39 Å². The van der Waals surface area contributed by atoms with Crippen molar-refractivity contribution in [3.63, 3.8) is 0 Å². The molecule has 12 heavy (non-hydrogen) atoms. The molecule has 1 aromatic rings. The Morgan fingerprint density at radius 3 is 2.17 bits per heavy atom. The van der Waals surface area contributed by atoms with Crippen LogP contribution in [-0.4, -0.2) is 0 Å². The van der Waals surface area contributed by atoms with Crippen LogP contribution in [0.25, 0.3) is 0 Å². The van der Waals surface area contributed by atoms with E-state index < -0.39 is 0 Å². The predicted molar refractivity (Wildman–Crippen MR) is 49.9 cm³/mol. The van der Waals surface area contributed by atoms with Crippen molar-refractivity contribution in [1.82, 2.24) is 0 Å². The van der Waals surface area contributed by atoms with Gasteiger partial charge in [-0.2, -0.15) is 0 Å². The quantitative estimate of drug-likeness (QED) is 0.629. The fraction of sp³-hybridized carbons (Fsp3) is 0.273. The molecule has 0 radical (unpaired) electrons. The molecule has 1 heteroatoms. The van der Waals surface area contributed by atoms with Crippen molar-refractivity contribution < 1.29 is 4.39 Å². The Balaban J connectivity index is 2.93. The maximum absolute atomic E-state index is 12.5. The fourth-order valence-corrected chi connectivity index (χ4v) is 1.39. The summed E-state index contributed by atoms with van der Waals surface area (Å²) in [6, 6.07) is 6.04. The number of halogens is 1. The molecule has 64 valence electrons. The monoisotopic (exact) mass is 164 g/mol. The molecule has 1 aromatic carbocycles. The molecule has 0 bridgehead atoms. The SMILES string of the molecule is C=C(F)Cc1cc(C)cc(C)c1. The standard InChI is InChI=1S/C11H13F/c1-8-4-9(2)6-11(5-8)7-10(3)12/h4-6H,3,7H2,1-2H3. The summed E-state index contributed by atoms with van der Waals surface area (Å²) in [5.41, 5.74) is 3.34. The van der Waals surface area contributed by atoms with E-state index in [1.165, 1.54) is 11.1 Å². The van der Waals surface area contributed by atoms with Gasteiger partial charge in [0.1, 0.15) is 0 Å². The zero-order chi connectivity index (χ0) is 9.14. The van der Waals surface area contributed by atoms with Crippen molar-refractivity contribution in [1.29, 1.82) is 0 Å². The first-order chi connectivity index (χ1) is 5.58. The van der Waals surface area contributed by atoms with E-state index in [1.807, 2.05) is 26.0 Å². The minimum Gasteiger partial charge on any atom is -0.212 e. The van der Waals surface area contributed by atoms with E-state index in [2.05, 4.69) is 12.6 Å². The Morgan fingerprint density at radius 2 is 1.75 bits per heavy atom. The Bertz CT molecular complexity index is 280. The van der Waals surface area contributed by atoms with Crippen molar-refractivity contribution in [2.75, 3.05) is 0 Å². The van der Waals surface area contributed by atoms with E-state index in [-0.39, 0.29) is 5.83 Å². The van der Waals surface area contributed by atoms with Crippen molar-refractivity contribution in [3.8, 4) is 0 Å². The molecule has 0 unspecified atom stereocenters. The van der Waals surface area contributed by atoms with Crippen LogP contribution in [0.5, 0.6) is 0 Å². The van der Waals surface area contributed by atoms with E-state index in [4.69, 9.17) is 0 Å². The molecular weight excluding hydrogens is 151 g/mol. The third-order valence-corrected chi connectivity index (χ3v) is 1.68. The van der Waals surface area contributed by atoms with Gasteiger partial charge in [0.15, 0.2) is 0 Å². The third-order valence-electron chi connectivity index (χ3n) is 1.68. The molecule has 0 heterocycles. The van der Waals surface area contributed by atoms with Crippen LogP contribution in [0.1, 0.15) is 16.7 Å². The fourth-order valence-electron chi connectivity index (χ4n) is 1.39. The Kier molecular flexibility index (Phi) is 2.64. The van der Waals surface area contributed by atoms with Gasteiger partial charge in [0.05, 0.1) is 5.83 Å². The average Bonchev–Trinajstić information content (AvgIpc) is 1.81. The zero-order valence-corrected chi connectivity index (χ0v) is 7.52. The first-order valence-electron chi connectivity index (χ1n) is 3.98. The van der Waals surface area contributed by atoms with Gasteiger partial charge < -0.3 is 0 Å². The predicted octanol–water partition coefficient (Wildman–Crippen LogP) is 3.33. The summed E-state index contributed by atoms with van der Waals surface area (Å²) < 4.78 is 12.5. The summed E-state index contributed by atoms with van der Waals surface area (Å²) in [5, 5.41) is 0. The second-order valence-corrected chi connectivity index (χ2v) is 3.19. The number of hydrogen-bond donors (Lipinski definition) is 0. The summed E-state index contributed by atoms with van der Waals surface area (Å²) >= 11 is 0. The molecule has 0 aliphatic heterocycles. The van der Waals surface area contributed by atoms with Crippen molar-refractivity contribution >= 4 is 0 Å². The third kappa shape index (κ3) is 2.50. The van der Waals surface area contributed by atoms with Gasteiger partial charge in [0, 0.05) is 6.42 Å². The van der Waals surface area contributed by atoms with Crippen LogP contribution in [-0.2, 0) is 6.42 Å². The minimum absolute atomic E-state index is 0.278. The van der Waals surface area contributed by atoms with Gasteiger partial charge in [0.25, 0.3) is 0 Å².